The Labute approximate surface area is 180 Å². The van der Waals surface area contributed by atoms with Crippen molar-refractivity contribution in [1.82, 2.24) is 10.2 Å². The number of ketones is 1. The minimum atomic E-state index is -0.717. The van der Waals surface area contributed by atoms with Crippen molar-refractivity contribution >= 4 is 18.1 Å². The number of carbonyl (C=O) groups is 3. The molecule has 1 fully saturated rings. The van der Waals surface area contributed by atoms with Crippen LogP contribution in [0.2, 0.25) is 0 Å². The van der Waals surface area contributed by atoms with Crippen molar-refractivity contribution in [3.63, 3.8) is 0 Å². The second kappa shape index (κ2) is 11.3. The fraction of sp³-hybridized carbons (Fsp3) is 0.625. The van der Waals surface area contributed by atoms with Gasteiger partial charge < -0.3 is 15.3 Å². The maximum Gasteiger partial charge on any atom is 0.223 e. The summed E-state index contributed by atoms with van der Waals surface area (Å²) in [4.78, 5) is 38.9. The lowest BCUT2D eigenvalue weighted by Crippen LogP contribution is -2.47. The van der Waals surface area contributed by atoms with Crippen LogP contribution >= 0.6 is 0 Å². The summed E-state index contributed by atoms with van der Waals surface area (Å²) >= 11 is 0. The van der Waals surface area contributed by atoms with Crippen molar-refractivity contribution in [1.29, 1.82) is 0 Å². The minimum Gasteiger partial charge on any atom is -0.391 e. The first-order valence-corrected chi connectivity index (χ1v) is 11.0. The van der Waals surface area contributed by atoms with Gasteiger partial charge in [0.1, 0.15) is 0 Å². The number of likely N-dealkylation sites (tertiary alicyclic amines) is 1. The Balaban J connectivity index is 2.07. The van der Waals surface area contributed by atoms with Crippen molar-refractivity contribution in [3.8, 4) is 0 Å². The van der Waals surface area contributed by atoms with E-state index in [9.17, 15) is 19.5 Å². The molecule has 0 spiro atoms. The quantitative estimate of drug-likeness (QED) is 0.543. The Morgan fingerprint density at radius 3 is 2.47 bits per heavy atom. The Kier molecular flexibility index (Phi) is 9.03. The number of aliphatic hydroxyl groups is 1. The van der Waals surface area contributed by atoms with Crippen molar-refractivity contribution in [2.75, 3.05) is 6.54 Å². The summed E-state index contributed by atoms with van der Waals surface area (Å²) in [6.45, 7) is 8.33. The van der Waals surface area contributed by atoms with Gasteiger partial charge in [0.25, 0.3) is 0 Å². The molecule has 1 heterocycles. The molecule has 30 heavy (non-hydrogen) atoms. The summed E-state index contributed by atoms with van der Waals surface area (Å²) in [6.07, 6.45) is 1.89. The molecule has 1 aromatic carbocycles. The lowest BCUT2D eigenvalue weighted by Gasteiger charge is -2.27. The lowest BCUT2D eigenvalue weighted by atomic mass is 9.88. The molecule has 0 bridgehead atoms. The molecule has 1 aliphatic heterocycles. The Morgan fingerprint density at radius 1 is 1.23 bits per heavy atom. The third-order valence-electron chi connectivity index (χ3n) is 5.84. The molecule has 0 radical (unpaired) electrons. The van der Waals surface area contributed by atoms with Crippen LogP contribution in [0.15, 0.2) is 30.3 Å². The molecule has 0 aliphatic carbocycles. The SMILES string of the molecule is CC(C)C[C@H](CC(=O)[C@@H]1C[C@H](C)CN1C=O)C(=O)N[C@@H](Cc1ccccc1)C(C)O. The number of nitrogens with zero attached hydrogens (tertiary/aromatic N) is 1. The van der Waals surface area contributed by atoms with Crippen molar-refractivity contribution in [2.24, 2.45) is 17.8 Å². The number of Topliss-reactive ketones (excluding diaryl/α,β-unsaturated/α-hetero) is 1. The molecule has 0 aromatic heterocycles. The Bertz CT molecular complexity index is 704. The van der Waals surface area contributed by atoms with Crippen LogP contribution in [-0.4, -0.2) is 52.8 Å². The molecule has 1 unspecified atom stereocenters. The van der Waals surface area contributed by atoms with E-state index in [1.54, 1.807) is 11.8 Å². The summed E-state index contributed by atoms with van der Waals surface area (Å²) in [5.74, 6) is -0.199. The molecule has 1 aliphatic rings. The van der Waals surface area contributed by atoms with E-state index in [1.165, 1.54) is 0 Å². The number of rotatable bonds is 11. The van der Waals surface area contributed by atoms with Gasteiger partial charge in [0.15, 0.2) is 5.78 Å². The number of hydrogen-bond acceptors (Lipinski definition) is 4. The van der Waals surface area contributed by atoms with Gasteiger partial charge in [-0.25, -0.2) is 0 Å². The summed E-state index contributed by atoms with van der Waals surface area (Å²) in [5, 5.41) is 13.2. The van der Waals surface area contributed by atoms with E-state index in [0.29, 0.717) is 25.8 Å². The molecular weight excluding hydrogens is 380 g/mol. The van der Waals surface area contributed by atoms with Crippen LogP contribution in [0.1, 0.15) is 52.5 Å². The average molecular weight is 417 g/mol. The first kappa shape index (κ1) is 24.1. The maximum atomic E-state index is 13.1. The topological polar surface area (TPSA) is 86.7 Å². The second-order valence-corrected chi connectivity index (χ2v) is 9.20. The van der Waals surface area contributed by atoms with Crippen LogP contribution in [0.4, 0.5) is 0 Å². The van der Waals surface area contributed by atoms with Gasteiger partial charge >= 0.3 is 0 Å². The molecule has 2 rings (SSSR count). The molecule has 6 nitrogen and oxygen atoms in total. The predicted molar refractivity (Wildman–Crippen MR) is 117 cm³/mol. The van der Waals surface area contributed by atoms with Crippen LogP contribution in [0.25, 0.3) is 0 Å². The first-order valence-electron chi connectivity index (χ1n) is 11.0. The number of amides is 2. The summed E-state index contributed by atoms with van der Waals surface area (Å²) < 4.78 is 0. The highest BCUT2D eigenvalue weighted by atomic mass is 16.3. The van der Waals surface area contributed by atoms with Gasteiger partial charge in [0, 0.05) is 18.9 Å². The van der Waals surface area contributed by atoms with E-state index in [2.05, 4.69) is 5.32 Å². The summed E-state index contributed by atoms with van der Waals surface area (Å²) in [7, 11) is 0. The molecule has 2 N–H and O–H groups in total. The zero-order valence-electron chi connectivity index (χ0n) is 18.6. The zero-order chi connectivity index (χ0) is 22.3. The van der Waals surface area contributed by atoms with Gasteiger partial charge in [0.2, 0.25) is 12.3 Å². The van der Waals surface area contributed by atoms with E-state index in [1.807, 2.05) is 51.1 Å². The first-order chi connectivity index (χ1) is 14.2. The van der Waals surface area contributed by atoms with Crippen LogP contribution in [-0.2, 0) is 20.8 Å². The van der Waals surface area contributed by atoms with Gasteiger partial charge in [0.05, 0.1) is 18.2 Å². The molecule has 166 valence electrons. The number of benzene rings is 1. The third kappa shape index (κ3) is 6.94. The summed E-state index contributed by atoms with van der Waals surface area (Å²) in [5.41, 5.74) is 1.03. The molecule has 2 amide bonds. The fourth-order valence-corrected chi connectivity index (χ4v) is 4.25. The van der Waals surface area contributed by atoms with Gasteiger partial charge in [-0.05, 0) is 43.6 Å². The van der Waals surface area contributed by atoms with E-state index in [4.69, 9.17) is 0 Å². The largest absolute Gasteiger partial charge is 0.391 e. The smallest absolute Gasteiger partial charge is 0.223 e. The highest BCUT2D eigenvalue weighted by Gasteiger charge is 2.36. The van der Waals surface area contributed by atoms with E-state index < -0.39 is 24.1 Å². The van der Waals surface area contributed by atoms with Gasteiger partial charge in [-0.3, -0.25) is 14.4 Å². The fourth-order valence-electron chi connectivity index (χ4n) is 4.25. The average Bonchev–Trinajstić information content (AvgIpc) is 3.08. The monoisotopic (exact) mass is 416 g/mol. The van der Waals surface area contributed by atoms with Crippen molar-refractivity contribution in [3.05, 3.63) is 35.9 Å². The summed E-state index contributed by atoms with van der Waals surface area (Å²) in [6, 6.07) is 8.85. The van der Waals surface area contributed by atoms with Crippen LogP contribution in [0.5, 0.6) is 0 Å². The van der Waals surface area contributed by atoms with E-state index in [0.717, 1.165) is 12.0 Å². The predicted octanol–water partition coefficient (Wildman–Crippen LogP) is 2.58. The molecule has 0 saturated carbocycles. The number of aliphatic hydroxyl groups excluding tert-OH is 1. The molecule has 1 aromatic rings. The standard InChI is InChI=1S/C24H36N2O4/c1-16(2)10-20(13-23(29)22-11-17(3)14-26(22)15-27)24(30)25-21(18(4)28)12-19-8-6-5-7-9-19/h5-9,15-18,20-22,28H,10-14H2,1-4H3,(H,25,30)/t17-,18?,20+,21-,22-/m0/s1. The van der Waals surface area contributed by atoms with E-state index in [-0.39, 0.29) is 29.9 Å². The van der Waals surface area contributed by atoms with Crippen LogP contribution in [0.3, 0.4) is 0 Å². The molecular formula is C24H36N2O4. The zero-order valence-corrected chi connectivity index (χ0v) is 18.6. The van der Waals surface area contributed by atoms with Gasteiger partial charge in [-0.2, -0.15) is 0 Å². The molecule has 1 saturated heterocycles. The van der Waals surface area contributed by atoms with Gasteiger partial charge in [-0.1, -0.05) is 51.1 Å². The molecule has 6 heteroatoms. The Morgan fingerprint density at radius 2 is 1.90 bits per heavy atom. The second-order valence-electron chi connectivity index (χ2n) is 9.20. The normalized spacial score (nSPS) is 21.9. The number of hydrogen-bond donors (Lipinski definition) is 2. The Hall–Kier alpha value is -2.21. The lowest BCUT2D eigenvalue weighted by molar-refractivity contribution is -0.134. The number of carbonyl (C=O) groups excluding carboxylic acids is 3. The highest BCUT2D eigenvalue weighted by molar-refractivity contribution is 5.91. The minimum absolute atomic E-state index is 0.0519. The van der Waals surface area contributed by atoms with Crippen LogP contribution in [0, 0.1) is 17.8 Å². The highest BCUT2D eigenvalue weighted by Crippen LogP contribution is 2.26. The van der Waals surface area contributed by atoms with Crippen molar-refractivity contribution < 1.29 is 19.5 Å². The van der Waals surface area contributed by atoms with Gasteiger partial charge in [-0.15, -0.1) is 0 Å². The third-order valence-corrected chi connectivity index (χ3v) is 5.84. The maximum absolute atomic E-state index is 13.1. The van der Waals surface area contributed by atoms with Crippen molar-refractivity contribution in [2.45, 2.75) is 71.6 Å². The molecule has 5 atom stereocenters. The van der Waals surface area contributed by atoms with Crippen LogP contribution < -0.4 is 5.32 Å². The van der Waals surface area contributed by atoms with E-state index >= 15 is 0 Å². The number of nitrogens with one attached hydrogen (secondary N) is 1.